The summed E-state index contributed by atoms with van der Waals surface area (Å²) < 4.78 is 0. The molecule has 0 atom stereocenters. The Balaban J connectivity index is 3.32. The van der Waals surface area contributed by atoms with Gasteiger partial charge in [0.05, 0.1) is 22.5 Å². The lowest BCUT2D eigenvalue weighted by molar-refractivity contribution is 0.0952. The minimum atomic E-state index is -0.504. The van der Waals surface area contributed by atoms with Crippen LogP contribution in [-0.4, -0.2) is 16.8 Å². The number of rotatable bonds is 2. The largest absolute Gasteiger partial charge is 0.290 e. The molecule has 1 rings (SSSR count). The molecule has 0 bridgehead atoms. The number of hydrazine groups is 2. The normalized spacial score (nSPS) is 9.75. The van der Waals surface area contributed by atoms with E-state index in [4.69, 9.17) is 11.7 Å². The van der Waals surface area contributed by atoms with Crippen molar-refractivity contribution >= 4 is 11.8 Å². The molecular formula is C9H13N5O2. The molecule has 0 radical (unpaired) electrons. The van der Waals surface area contributed by atoms with E-state index in [0.717, 1.165) is 0 Å². The molecule has 6 N–H and O–H groups in total. The summed E-state index contributed by atoms with van der Waals surface area (Å²) in [5.41, 5.74) is 5.44. The summed E-state index contributed by atoms with van der Waals surface area (Å²) in [7, 11) is 0. The van der Waals surface area contributed by atoms with E-state index in [1.165, 1.54) is 6.07 Å². The number of pyridine rings is 1. The van der Waals surface area contributed by atoms with Crippen LogP contribution in [0.2, 0.25) is 0 Å². The fourth-order valence-corrected chi connectivity index (χ4v) is 1.34. The maximum Gasteiger partial charge on any atom is 0.267 e. The second-order valence-corrected chi connectivity index (χ2v) is 3.20. The third kappa shape index (κ3) is 2.15. The summed E-state index contributed by atoms with van der Waals surface area (Å²) >= 11 is 0. The van der Waals surface area contributed by atoms with Gasteiger partial charge in [-0.05, 0) is 19.9 Å². The predicted molar refractivity (Wildman–Crippen MR) is 57.0 cm³/mol. The van der Waals surface area contributed by atoms with Crippen molar-refractivity contribution in [2.75, 3.05) is 0 Å². The first-order valence-corrected chi connectivity index (χ1v) is 4.51. The van der Waals surface area contributed by atoms with Crippen molar-refractivity contribution in [3.63, 3.8) is 0 Å². The number of amides is 2. The monoisotopic (exact) mass is 223 g/mol. The molecule has 0 saturated heterocycles. The highest BCUT2D eigenvalue weighted by Gasteiger charge is 2.15. The second-order valence-electron chi connectivity index (χ2n) is 3.20. The van der Waals surface area contributed by atoms with E-state index in [1.807, 2.05) is 10.9 Å². The number of aromatic nitrogens is 1. The molecule has 0 aromatic carbocycles. The summed E-state index contributed by atoms with van der Waals surface area (Å²) in [6, 6.07) is 1.40. The van der Waals surface area contributed by atoms with Crippen molar-refractivity contribution in [2.45, 2.75) is 13.8 Å². The lowest BCUT2D eigenvalue weighted by atomic mass is 10.1. The zero-order valence-corrected chi connectivity index (χ0v) is 9.00. The molecule has 0 aliphatic rings. The van der Waals surface area contributed by atoms with Gasteiger partial charge >= 0.3 is 0 Å². The first-order valence-electron chi connectivity index (χ1n) is 4.51. The van der Waals surface area contributed by atoms with E-state index >= 15 is 0 Å². The number of hydrogen-bond acceptors (Lipinski definition) is 5. The zero-order valence-electron chi connectivity index (χ0n) is 9.00. The maximum atomic E-state index is 11.4. The molecular weight excluding hydrogens is 210 g/mol. The van der Waals surface area contributed by atoms with Crippen molar-refractivity contribution < 1.29 is 9.59 Å². The lowest BCUT2D eigenvalue weighted by Gasteiger charge is -2.09. The highest BCUT2D eigenvalue weighted by atomic mass is 16.2. The first-order chi connectivity index (χ1) is 7.51. The van der Waals surface area contributed by atoms with Gasteiger partial charge in [0.2, 0.25) is 0 Å². The molecule has 0 aliphatic carbocycles. The SMILES string of the molecule is Cc1nc(C)c(C(=O)NN)cc1C(=O)NN. The van der Waals surface area contributed by atoms with Crippen molar-refractivity contribution in [3.8, 4) is 0 Å². The molecule has 0 fully saturated rings. The van der Waals surface area contributed by atoms with Gasteiger partial charge in [-0.2, -0.15) is 0 Å². The van der Waals surface area contributed by atoms with Gasteiger partial charge in [0.25, 0.3) is 11.8 Å². The maximum absolute atomic E-state index is 11.4. The van der Waals surface area contributed by atoms with Crippen LogP contribution in [0.5, 0.6) is 0 Å². The Morgan fingerprint density at radius 1 is 1.06 bits per heavy atom. The molecule has 7 heteroatoms. The van der Waals surface area contributed by atoms with Crippen molar-refractivity contribution in [1.82, 2.24) is 15.8 Å². The van der Waals surface area contributed by atoms with Gasteiger partial charge in [-0.3, -0.25) is 25.4 Å². The molecule has 86 valence electrons. The molecule has 2 amide bonds. The minimum absolute atomic E-state index is 0.242. The van der Waals surface area contributed by atoms with E-state index in [0.29, 0.717) is 11.4 Å². The smallest absolute Gasteiger partial charge is 0.267 e. The van der Waals surface area contributed by atoms with E-state index < -0.39 is 11.8 Å². The fraction of sp³-hybridized carbons (Fsp3) is 0.222. The van der Waals surface area contributed by atoms with Gasteiger partial charge in [-0.1, -0.05) is 0 Å². The van der Waals surface area contributed by atoms with Gasteiger partial charge < -0.3 is 0 Å². The number of carbonyl (C=O) groups excluding carboxylic acids is 2. The van der Waals surface area contributed by atoms with E-state index in [-0.39, 0.29) is 11.1 Å². The highest BCUT2D eigenvalue weighted by Crippen LogP contribution is 2.12. The minimum Gasteiger partial charge on any atom is -0.290 e. The average Bonchev–Trinajstić information content (AvgIpc) is 2.27. The number of carbonyl (C=O) groups is 2. The molecule has 1 aromatic heterocycles. The Hall–Kier alpha value is -1.99. The van der Waals surface area contributed by atoms with E-state index in [2.05, 4.69) is 4.98 Å². The molecule has 16 heavy (non-hydrogen) atoms. The lowest BCUT2D eigenvalue weighted by Crippen LogP contribution is -2.33. The predicted octanol–water partition coefficient (Wildman–Crippen LogP) is -1.09. The number of nitrogens with zero attached hydrogens (tertiary/aromatic N) is 1. The third-order valence-electron chi connectivity index (χ3n) is 2.16. The fourth-order valence-electron chi connectivity index (χ4n) is 1.34. The molecule has 7 nitrogen and oxygen atoms in total. The molecule has 1 heterocycles. The molecule has 0 saturated carbocycles. The first kappa shape index (κ1) is 12.1. The quantitative estimate of drug-likeness (QED) is 0.288. The van der Waals surface area contributed by atoms with Crippen LogP contribution in [0.1, 0.15) is 32.1 Å². The van der Waals surface area contributed by atoms with Gasteiger partial charge in [-0.25, -0.2) is 11.7 Å². The van der Waals surface area contributed by atoms with Gasteiger partial charge in [-0.15, -0.1) is 0 Å². The Morgan fingerprint density at radius 2 is 1.44 bits per heavy atom. The highest BCUT2D eigenvalue weighted by molar-refractivity contribution is 6.00. The van der Waals surface area contributed by atoms with Crippen LogP contribution in [0, 0.1) is 13.8 Å². The van der Waals surface area contributed by atoms with Crippen LogP contribution in [0.25, 0.3) is 0 Å². The van der Waals surface area contributed by atoms with Gasteiger partial charge in [0, 0.05) is 0 Å². The number of nitrogens with two attached hydrogens (primary N) is 2. The third-order valence-corrected chi connectivity index (χ3v) is 2.16. The van der Waals surface area contributed by atoms with Gasteiger partial charge in [0.15, 0.2) is 0 Å². The summed E-state index contributed by atoms with van der Waals surface area (Å²) in [6.45, 7) is 3.31. The summed E-state index contributed by atoms with van der Waals surface area (Å²) in [5.74, 6) is 9.03. The average molecular weight is 223 g/mol. The van der Waals surface area contributed by atoms with Crippen LogP contribution in [-0.2, 0) is 0 Å². The Kier molecular flexibility index (Phi) is 3.54. The standard InChI is InChI=1S/C9H13N5O2/c1-4-6(8(15)13-10)3-7(5(2)12-4)9(16)14-11/h3H,10-11H2,1-2H3,(H,13,15)(H,14,16). The number of hydrogen-bond donors (Lipinski definition) is 4. The van der Waals surface area contributed by atoms with E-state index in [9.17, 15) is 9.59 Å². The Bertz CT molecular complexity index is 407. The topological polar surface area (TPSA) is 123 Å². The van der Waals surface area contributed by atoms with Crippen molar-refractivity contribution in [1.29, 1.82) is 0 Å². The van der Waals surface area contributed by atoms with Crippen LogP contribution in [0.4, 0.5) is 0 Å². The van der Waals surface area contributed by atoms with E-state index in [1.54, 1.807) is 13.8 Å². The Morgan fingerprint density at radius 3 is 1.75 bits per heavy atom. The second kappa shape index (κ2) is 4.69. The number of nitrogen functional groups attached to an aromatic ring is 2. The summed E-state index contributed by atoms with van der Waals surface area (Å²) in [6.07, 6.45) is 0. The van der Waals surface area contributed by atoms with Crippen LogP contribution >= 0.6 is 0 Å². The molecule has 1 aromatic rings. The number of aryl methyl sites for hydroxylation is 2. The van der Waals surface area contributed by atoms with Crippen molar-refractivity contribution in [3.05, 3.63) is 28.6 Å². The molecule has 0 spiro atoms. The van der Waals surface area contributed by atoms with Crippen LogP contribution in [0.15, 0.2) is 6.07 Å². The van der Waals surface area contributed by atoms with Crippen LogP contribution in [0.3, 0.4) is 0 Å². The van der Waals surface area contributed by atoms with Gasteiger partial charge in [0.1, 0.15) is 0 Å². The van der Waals surface area contributed by atoms with Crippen molar-refractivity contribution in [2.24, 2.45) is 11.7 Å². The molecule has 0 aliphatic heterocycles. The molecule has 0 unspecified atom stereocenters. The Labute approximate surface area is 92.2 Å². The summed E-state index contributed by atoms with van der Waals surface area (Å²) in [4.78, 5) is 26.8. The van der Waals surface area contributed by atoms with Crippen LogP contribution < -0.4 is 22.5 Å². The summed E-state index contributed by atoms with van der Waals surface area (Å²) in [5, 5.41) is 0. The number of nitrogens with one attached hydrogen (secondary N) is 2. The zero-order chi connectivity index (χ0) is 12.3.